The Bertz CT molecular complexity index is 575. The normalized spacial score (nSPS) is 19.3. The third-order valence-electron chi connectivity index (χ3n) is 3.44. The lowest BCUT2D eigenvalue weighted by molar-refractivity contribution is -0.129. The number of nitrogens with zero attached hydrogens (tertiary/aromatic N) is 1. The summed E-state index contributed by atoms with van der Waals surface area (Å²) in [6.45, 7) is 2.23. The van der Waals surface area contributed by atoms with Crippen LogP contribution in [0.25, 0.3) is 0 Å². The van der Waals surface area contributed by atoms with Crippen molar-refractivity contribution in [2.45, 2.75) is 12.3 Å². The van der Waals surface area contributed by atoms with E-state index in [1.807, 2.05) is 30.3 Å². The second-order valence-electron chi connectivity index (χ2n) is 4.79. The van der Waals surface area contributed by atoms with Gasteiger partial charge in [-0.15, -0.1) is 0 Å². The average molecular weight is 328 g/mol. The third-order valence-corrected chi connectivity index (χ3v) is 6.73. The zero-order valence-corrected chi connectivity index (χ0v) is 13.6. The number of carbonyl (C=O) groups excluding carboxylic acids is 1. The molecule has 1 aliphatic heterocycles. The predicted molar refractivity (Wildman–Crippen MR) is 87.2 cm³/mol. The molecule has 1 heterocycles. The number of anilines is 1. The standard InChI is InChI=1S/C14H20N2O3S2/c1-2-21(18,19)14-11-20-9-8-16(14)13(17)10-15-12-6-4-3-5-7-12/h3-7,14-15H,2,8-11H2,1H3. The maximum Gasteiger partial charge on any atom is 0.242 e. The molecule has 0 spiro atoms. The number of hydrogen-bond acceptors (Lipinski definition) is 5. The summed E-state index contributed by atoms with van der Waals surface area (Å²) >= 11 is 1.59. The second kappa shape index (κ2) is 7.17. The van der Waals surface area contributed by atoms with Gasteiger partial charge in [-0.2, -0.15) is 11.8 Å². The molecule has 21 heavy (non-hydrogen) atoms. The smallest absolute Gasteiger partial charge is 0.242 e. The van der Waals surface area contributed by atoms with Crippen LogP contribution in [0.5, 0.6) is 0 Å². The van der Waals surface area contributed by atoms with Crippen LogP contribution in [0.1, 0.15) is 6.92 Å². The molecule has 1 aliphatic rings. The number of thioether (sulfide) groups is 1. The topological polar surface area (TPSA) is 66.5 Å². The van der Waals surface area contributed by atoms with E-state index in [9.17, 15) is 13.2 Å². The number of hydrogen-bond donors (Lipinski definition) is 1. The maximum atomic E-state index is 12.3. The van der Waals surface area contributed by atoms with Crippen molar-refractivity contribution in [3.05, 3.63) is 30.3 Å². The molecule has 2 rings (SSSR count). The summed E-state index contributed by atoms with van der Waals surface area (Å²) < 4.78 is 24.2. The predicted octanol–water partition coefficient (Wildman–Crippen LogP) is 1.43. The van der Waals surface area contributed by atoms with Crippen molar-refractivity contribution in [2.75, 3.05) is 35.7 Å². The molecule has 1 fully saturated rings. The van der Waals surface area contributed by atoms with Crippen molar-refractivity contribution in [2.24, 2.45) is 0 Å². The minimum absolute atomic E-state index is 0.0636. The SMILES string of the molecule is CCS(=O)(=O)C1CSCCN1C(=O)CNc1ccccc1. The van der Waals surface area contributed by atoms with Gasteiger partial charge in [0.15, 0.2) is 9.84 Å². The van der Waals surface area contributed by atoms with Crippen LogP contribution in [-0.2, 0) is 14.6 Å². The van der Waals surface area contributed by atoms with Gasteiger partial charge in [-0.3, -0.25) is 4.79 Å². The maximum absolute atomic E-state index is 12.3. The van der Waals surface area contributed by atoms with Gasteiger partial charge in [0.1, 0.15) is 5.37 Å². The largest absolute Gasteiger partial charge is 0.376 e. The Balaban J connectivity index is 2.02. The van der Waals surface area contributed by atoms with Crippen LogP contribution >= 0.6 is 11.8 Å². The Hall–Kier alpha value is -1.21. The molecule has 1 aromatic carbocycles. The first-order valence-corrected chi connectivity index (χ1v) is 9.79. The van der Waals surface area contributed by atoms with E-state index in [1.54, 1.807) is 18.7 Å². The van der Waals surface area contributed by atoms with E-state index in [1.165, 1.54) is 4.90 Å². The lowest BCUT2D eigenvalue weighted by Gasteiger charge is -2.34. The molecule has 1 saturated heterocycles. The lowest BCUT2D eigenvalue weighted by atomic mass is 10.3. The Morgan fingerprint density at radius 3 is 2.76 bits per heavy atom. The Morgan fingerprint density at radius 1 is 1.38 bits per heavy atom. The lowest BCUT2D eigenvalue weighted by Crippen LogP contribution is -2.52. The van der Waals surface area contributed by atoms with Gasteiger partial charge in [-0.1, -0.05) is 25.1 Å². The van der Waals surface area contributed by atoms with Crippen LogP contribution in [0.2, 0.25) is 0 Å². The van der Waals surface area contributed by atoms with Crippen LogP contribution in [0.3, 0.4) is 0 Å². The quantitative estimate of drug-likeness (QED) is 0.886. The van der Waals surface area contributed by atoms with Crippen molar-refractivity contribution >= 4 is 33.2 Å². The summed E-state index contributed by atoms with van der Waals surface area (Å²) in [4.78, 5) is 13.8. The number of carbonyl (C=O) groups is 1. The van der Waals surface area contributed by atoms with Gasteiger partial charge < -0.3 is 10.2 Å². The molecule has 1 atom stereocenters. The first-order valence-electron chi connectivity index (χ1n) is 6.92. The van der Waals surface area contributed by atoms with Crippen molar-refractivity contribution in [1.82, 2.24) is 4.90 Å². The molecule has 1 amide bonds. The second-order valence-corrected chi connectivity index (χ2v) is 8.38. The molecular weight excluding hydrogens is 308 g/mol. The van der Waals surface area contributed by atoms with Crippen LogP contribution in [0.4, 0.5) is 5.69 Å². The Labute approximate surface area is 130 Å². The van der Waals surface area contributed by atoms with E-state index in [4.69, 9.17) is 0 Å². The van der Waals surface area contributed by atoms with E-state index >= 15 is 0 Å². The molecule has 0 bridgehead atoms. The van der Waals surface area contributed by atoms with Gasteiger partial charge in [-0.25, -0.2) is 8.42 Å². The molecule has 7 heteroatoms. The number of rotatable bonds is 5. The number of para-hydroxylation sites is 1. The van der Waals surface area contributed by atoms with E-state index in [0.29, 0.717) is 12.3 Å². The van der Waals surface area contributed by atoms with E-state index < -0.39 is 15.2 Å². The molecule has 1 unspecified atom stereocenters. The first-order chi connectivity index (χ1) is 10.0. The van der Waals surface area contributed by atoms with E-state index in [0.717, 1.165) is 11.4 Å². The van der Waals surface area contributed by atoms with Crippen molar-refractivity contribution in [3.63, 3.8) is 0 Å². The van der Waals surface area contributed by atoms with Crippen molar-refractivity contribution in [1.29, 1.82) is 0 Å². The average Bonchev–Trinajstić information content (AvgIpc) is 2.53. The summed E-state index contributed by atoms with van der Waals surface area (Å²) in [5.74, 6) is 1.15. The highest BCUT2D eigenvalue weighted by atomic mass is 32.2. The van der Waals surface area contributed by atoms with Crippen molar-refractivity contribution in [3.8, 4) is 0 Å². The van der Waals surface area contributed by atoms with Crippen LogP contribution in [0, 0.1) is 0 Å². The molecule has 0 radical (unpaired) electrons. The van der Waals surface area contributed by atoms with E-state index in [2.05, 4.69) is 5.32 Å². The molecule has 1 aromatic rings. The number of nitrogens with one attached hydrogen (secondary N) is 1. The molecule has 0 aromatic heterocycles. The summed E-state index contributed by atoms with van der Waals surface area (Å²) in [5, 5.41) is 2.35. The molecule has 116 valence electrons. The van der Waals surface area contributed by atoms with Gasteiger partial charge in [-0.05, 0) is 12.1 Å². The molecule has 0 saturated carbocycles. The van der Waals surface area contributed by atoms with E-state index in [-0.39, 0.29) is 18.2 Å². The van der Waals surface area contributed by atoms with Gasteiger partial charge in [0.05, 0.1) is 6.54 Å². The fourth-order valence-corrected chi connectivity index (χ4v) is 5.18. The number of benzene rings is 1. The zero-order valence-electron chi connectivity index (χ0n) is 12.0. The Morgan fingerprint density at radius 2 is 2.10 bits per heavy atom. The molecule has 0 aliphatic carbocycles. The molecular formula is C14H20N2O3S2. The number of sulfone groups is 1. The fourth-order valence-electron chi connectivity index (χ4n) is 2.19. The highest BCUT2D eigenvalue weighted by Gasteiger charge is 2.35. The molecule has 1 N–H and O–H groups in total. The minimum atomic E-state index is -3.24. The highest BCUT2D eigenvalue weighted by molar-refractivity contribution is 8.01. The van der Waals surface area contributed by atoms with Crippen LogP contribution in [0.15, 0.2) is 30.3 Å². The van der Waals surface area contributed by atoms with Gasteiger partial charge in [0.2, 0.25) is 5.91 Å². The Kier molecular flexibility index (Phi) is 5.52. The third kappa shape index (κ3) is 4.14. The monoisotopic (exact) mass is 328 g/mol. The van der Waals surface area contributed by atoms with Crippen LogP contribution in [-0.4, -0.2) is 54.9 Å². The zero-order chi connectivity index (χ0) is 15.3. The summed E-state index contributed by atoms with van der Waals surface area (Å²) in [6.07, 6.45) is 0. The van der Waals surface area contributed by atoms with Gasteiger partial charge in [0, 0.05) is 29.5 Å². The van der Waals surface area contributed by atoms with Gasteiger partial charge in [0.25, 0.3) is 0 Å². The van der Waals surface area contributed by atoms with Crippen molar-refractivity contribution < 1.29 is 13.2 Å². The summed E-state index contributed by atoms with van der Waals surface area (Å²) in [5.41, 5.74) is 0.854. The molecule has 5 nitrogen and oxygen atoms in total. The summed E-state index contributed by atoms with van der Waals surface area (Å²) in [7, 11) is -3.24. The highest BCUT2D eigenvalue weighted by Crippen LogP contribution is 2.21. The van der Waals surface area contributed by atoms with Crippen LogP contribution < -0.4 is 5.32 Å². The number of amides is 1. The fraction of sp³-hybridized carbons (Fsp3) is 0.500. The minimum Gasteiger partial charge on any atom is -0.376 e. The first kappa shape index (κ1) is 16.2. The van der Waals surface area contributed by atoms with Gasteiger partial charge >= 0.3 is 0 Å². The summed E-state index contributed by atoms with van der Waals surface area (Å²) in [6, 6.07) is 9.42.